The molecule has 0 atom stereocenters. The summed E-state index contributed by atoms with van der Waals surface area (Å²) in [5.41, 5.74) is 21.7. The van der Waals surface area contributed by atoms with Gasteiger partial charge in [-0.3, -0.25) is 0 Å². The Bertz CT molecular complexity index is 3730. The van der Waals surface area contributed by atoms with Crippen molar-refractivity contribution in [3.05, 3.63) is 222 Å². The molecule has 0 radical (unpaired) electrons. The van der Waals surface area contributed by atoms with Crippen LogP contribution < -0.4 is 0 Å². The topological polar surface area (TPSA) is 4.93 Å². The van der Waals surface area contributed by atoms with Crippen LogP contribution in [0.4, 0.5) is 0 Å². The molecule has 0 bridgehead atoms. The van der Waals surface area contributed by atoms with E-state index in [2.05, 4.69) is 232 Å². The van der Waals surface area contributed by atoms with Crippen LogP contribution in [0.3, 0.4) is 0 Å². The lowest BCUT2D eigenvalue weighted by molar-refractivity contribution is 0.660. The van der Waals surface area contributed by atoms with Crippen molar-refractivity contribution in [3.8, 4) is 61.3 Å². The van der Waals surface area contributed by atoms with E-state index in [1.807, 2.05) is 0 Å². The van der Waals surface area contributed by atoms with Crippen molar-refractivity contribution in [1.82, 2.24) is 4.57 Å². The molecular weight excluding hydrogens is 759 g/mol. The second-order valence-electron chi connectivity index (χ2n) is 18.8. The Kier molecular flexibility index (Phi) is 7.48. The van der Waals surface area contributed by atoms with Crippen LogP contribution in [0.25, 0.3) is 105 Å². The van der Waals surface area contributed by atoms with E-state index in [1.54, 1.807) is 0 Å². The monoisotopic (exact) mass is 803 g/mol. The van der Waals surface area contributed by atoms with Crippen LogP contribution in [-0.2, 0) is 10.8 Å². The minimum atomic E-state index is -0.192. The Morgan fingerprint density at radius 2 is 0.825 bits per heavy atom. The van der Waals surface area contributed by atoms with E-state index >= 15 is 0 Å². The van der Waals surface area contributed by atoms with Crippen molar-refractivity contribution in [1.29, 1.82) is 0 Å². The Hall–Kier alpha value is -7.48. The van der Waals surface area contributed by atoms with E-state index in [0.717, 1.165) is 0 Å². The molecular formula is C62H45N. The number of benzene rings is 10. The van der Waals surface area contributed by atoms with Gasteiger partial charge in [0.15, 0.2) is 0 Å². The summed E-state index contributed by atoms with van der Waals surface area (Å²) in [5, 5.41) is 7.86. The zero-order valence-electron chi connectivity index (χ0n) is 36.0. The van der Waals surface area contributed by atoms with Gasteiger partial charge in [0.2, 0.25) is 0 Å². The van der Waals surface area contributed by atoms with Gasteiger partial charge in [-0.05, 0) is 148 Å². The fraction of sp³-hybridized carbons (Fsp3) is 0.0968. The zero-order chi connectivity index (χ0) is 42.2. The first-order chi connectivity index (χ1) is 30.8. The molecule has 11 aromatic rings. The van der Waals surface area contributed by atoms with Gasteiger partial charge < -0.3 is 4.57 Å². The largest absolute Gasteiger partial charge is 0.309 e. The predicted molar refractivity (Wildman–Crippen MR) is 267 cm³/mol. The second-order valence-corrected chi connectivity index (χ2v) is 18.8. The van der Waals surface area contributed by atoms with Crippen molar-refractivity contribution in [2.75, 3.05) is 0 Å². The van der Waals surface area contributed by atoms with E-state index in [0.29, 0.717) is 0 Å². The number of nitrogens with zero attached hydrogens (tertiary/aromatic N) is 1. The van der Waals surface area contributed by atoms with Crippen LogP contribution in [0, 0.1) is 0 Å². The predicted octanol–water partition coefficient (Wildman–Crippen LogP) is 16.7. The molecule has 63 heavy (non-hydrogen) atoms. The van der Waals surface area contributed by atoms with Crippen LogP contribution in [0.2, 0.25) is 0 Å². The van der Waals surface area contributed by atoms with Gasteiger partial charge in [0.05, 0.1) is 11.0 Å². The van der Waals surface area contributed by atoms with Crippen molar-refractivity contribution in [2.45, 2.75) is 38.5 Å². The summed E-state index contributed by atoms with van der Waals surface area (Å²) in [7, 11) is 0. The molecule has 2 aliphatic rings. The number of hydrogen-bond donors (Lipinski definition) is 0. The zero-order valence-corrected chi connectivity index (χ0v) is 36.0. The molecule has 298 valence electrons. The molecule has 0 fully saturated rings. The van der Waals surface area contributed by atoms with Crippen molar-refractivity contribution >= 4 is 43.4 Å². The molecule has 0 aliphatic heterocycles. The van der Waals surface area contributed by atoms with E-state index in [4.69, 9.17) is 0 Å². The highest BCUT2D eigenvalue weighted by molar-refractivity contribution is 6.18. The number of rotatable bonds is 4. The number of hydrogen-bond acceptors (Lipinski definition) is 0. The second kappa shape index (κ2) is 13.0. The molecule has 0 spiro atoms. The smallest absolute Gasteiger partial charge is 0.0541 e. The van der Waals surface area contributed by atoms with Crippen molar-refractivity contribution in [3.63, 3.8) is 0 Å². The summed E-state index contributed by atoms with van der Waals surface area (Å²) in [6, 6.07) is 75.2. The maximum atomic E-state index is 2.51. The standard InChI is InChI=1S/C62H45N/c1-61(2)54-24-14-12-20-46(54)47-31-27-41(37-55(47)61)52-34-38(39-29-33-58-53(35-39)48-21-13-15-25-57(48)63(58)42-16-6-5-7-17-42)26-30-43(52)40-28-32-51-56(36-40)62(3,4)60-50-23-11-9-19-45(50)44-18-8-10-22-49(44)59(51)60/h5-37H,1-4H3. The Morgan fingerprint density at radius 3 is 1.62 bits per heavy atom. The van der Waals surface area contributed by atoms with E-state index in [9.17, 15) is 0 Å². The van der Waals surface area contributed by atoms with Crippen LogP contribution in [-0.4, -0.2) is 4.57 Å². The van der Waals surface area contributed by atoms with Crippen LogP contribution in [0.5, 0.6) is 0 Å². The molecule has 0 amide bonds. The molecule has 1 heterocycles. The van der Waals surface area contributed by atoms with Gasteiger partial charge in [0, 0.05) is 27.3 Å². The van der Waals surface area contributed by atoms with Crippen LogP contribution in [0.1, 0.15) is 49.9 Å². The van der Waals surface area contributed by atoms with Crippen molar-refractivity contribution in [2.24, 2.45) is 0 Å². The number of para-hydroxylation sites is 2. The summed E-state index contributed by atoms with van der Waals surface area (Å²) in [4.78, 5) is 0. The molecule has 0 saturated heterocycles. The fourth-order valence-corrected chi connectivity index (χ4v) is 11.7. The third-order valence-corrected chi connectivity index (χ3v) is 14.8. The highest BCUT2D eigenvalue weighted by Crippen LogP contribution is 2.56. The lowest BCUT2D eigenvalue weighted by Crippen LogP contribution is -2.15. The summed E-state index contributed by atoms with van der Waals surface area (Å²) in [5.74, 6) is 0. The Labute approximate surface area is 368 Å². The van der Waals surface area contributed by atoms with Gasteiger partial charge in [0.25, 0.3) is 0 Å². The minimum Gasteiger partial charge on any atom is -0.309 e. The third kappa shape index (κ3) is 5.05. The summed E-state index contributed by atoms with van der Waals surface area (Å²) in [6.45, 7) is 9.62. The first-order valence-corrected chi connectivity index (χ1v) is 22.3. The van der Waals surface area contributed by atoms with Gasteiger partial charge in [-0.1, -0.05) is 179 Å². The normalized spacial score (nSPS) is 14.3. The number of aromatic nitrogens is 1. The quantitative estimate of drug-likeness (QED) is 0.156. The van der Waals surface area contributed by atoms with Gasteiger partial charge >= 0.3 is 0 Å². The Morgan fingerprint density at radius 1 is 0.302 bits per heavy atom. The van der Waals surface area contributed by atoms with Crippen LogP contribution in [0.15, 0.2) is 200 Å². The lowest BCUT2D eigenvalue weighted by Gasteiger charge is -2.25. The van der Waals surface area contributed by atoms with Crippen molar-refractivity contribution < 1.29 is 0 Å². The highest BCUT2D eigenvalue weighted by Gasteiger charge is 2.39. The molecule has 0 unspecified atom stereocenters. The van der Waals surface area contributed by atoms with Gasteiger partial charge in [0.1, 0.15) is 0 Å². The molecule has 13 rings (SSSR count). The molecule has 1 heteroatoms. The first-order valence-electron chi connectivity index (χ1n) is 22.3. The Balaban J connectivity index is 1.02. The first kappa shape index (κ1) is 36.2. The SMILES string of the molecule is CC1(C)c2ccccc2-c2ccc(-c3cc(-c4ccc5c(c4)c4ccccc4n5-c4ccccc4)ccc3-c3ccc4c(c3)C(C)(C)c3c-4c4ccccc4c4ccccc34)cc21. The van der Waals surface area contributed by atoms with Gasteiger partial charge in [-0.25, -0.2) is 0 Å². The average Bonchev–Trinajstić information content (AvgIpc) is 3.88. The maximum absolute atomic E-state index is 2.51. The molecule has 1 aromatic heterocycles. The molecule has 2 aliphatic carbocycles. The summed E-state index contributed by atoms with van der Waals surface area (Å²) in [6.07, 6.45) is 0. The summed E-state index contributed by atoms with van der Waals surface area (Å²) < 4.78 is 2.40. The molecule has 0 N–H and O–H groups in total. The fourth-order valence-electron chi connectivity index (χ4n) is 11.7. The number of fused-ring (bicyclic) bond motifs is 14. The summed E-state index contributed by atoms with van der Waals surface area (Å²) >= 11 is 0. The molecule has 1 nitrogen and oxygen atoms in total. The van der Waals surface area contributed by atoms with Gasteiger partial charge in [-0.15, -0.1) is 0 Å². The lowest BCUT2D eigenvalue weighted by atomic mass is 9.78. The van der Waals surface area contributed by atoms with E-state index < -0.39 is 0 Å². The molecule has 0 saturated carbocycles. The average molecular weight is 804 g/mol. The minimum absolute atomic E-state index is 0.105. The van der Waals surface area contributed by atoms with Crippen LogP contribution >= 0.6 is 0 Å². The van der Waals surface area contributed by atoms with E-state index in [1.165, 1.54) is 127 Å². The maximum Gasteiger partial charge on any atom is 0.0541 e. The molecule has 10 aromatic carbocycles. The third-order valence-electron chi connectivity index (χ3n) is 14.8. The van der Waals surface area contributed by atoms with Gasteiger partial charge in [-0.2, -0.15) is 0 Å². The highest BCUT2D eigenvalue weighted by atomic mass is 15.0. The van der Waals surface area contributed by atoms with E-state index in [-0.39, 0.29) is 10.8 Å².